The van der Waals surface area contributed by atoms with Gasteiger partial charge < -0.3 is 25.2 Å². The van der Waals surface area contributed by atoms with Crippen molar-refractivity contribution >= 4 is 47.2 Å². The molecule has 8 nitrogen and oxygen atoms in total. The van der Waals surface area contributed by atoms with Gasteiger partial charge in [-0.3, -0.25) is 0 Å². The smallest absolute Gasteiger partial charge is 0.336 e. The minimum atomic E-state index is -1.31. The molecule has 0 spiro atoms. The Kier molecular flexibility index (Phi) is 8.28. The Balaban J connectivity index is 1.40. The zero-order valence-corrected chi connectivity index (χ0v) is 21.7. The van der Waals surface area contributed by atoms with Crippen molar-refractivity contribution in [1.82, 2.24) is 0 Å². The Hall–Kier alpha value is -4.67. The number of aromatic carboxylic acids is 3. The van der Waals surface area contributed by atoms with Gasteiger partial charge >= 0.3 is 17.9 Å². The molecule has 4 rings (SSSR count). The summed E-state index contributed by atoms with van der Waals surface area (Å²) in [5, 5.41) is 37.5. The van der Waals surface area contributed by atoms with Crippen LogP contribution in [0.3, 0.4) is 0 Å². The van der Waals surface area contributed by atoms with Crippen LogP contribution in [-0.2, 0) is 0 Å². The van der Waals surface area contributed by atoms with E-state index < -0.39 is 17.9 Å². The maximum atomic E-state index is 11.4. The van der Waals surface area contributed by atoms with Crippen LogP contribution in [0.5, 0.6) is 11.5 Å². The molecule has 4 aromatic carbocycles. The SMILES string of the molecule is C=C(O)c1cc(Sc2ccc(Oc3ccc(Sc4ccc(C(=O)O)c(C(=O)O)c4)cc3)cc2)ccc1C(=O)O. The second-order valence-corrected chi connectivity index (χ2v) is 10.3. The van der Waals surface area contributed by atoms with E-state index in [0.717, 1.165) is 14.7 Å². The summed E-state index contributed by atoms with van der Waals surface area (Å²) < 4.78 is 5.90. The highest BCUT2D eigenvalue weighted by atomic mass is 32.2. The fourth-order valence-corrected chi connectivity index (χ4v) is 5.24. The van der Waals surface area contributed by atoms with Crippen LogP contribution in [0.2, 0.25) is 0 Å². The highest BCUT2D eigenvalue weighted by molar-refractivity contribution is 7.99. The molecule has 0 fully saturated rings. The van der Waals surface area contributed by atoms with Crippen molar-refractivity contribution in [2.45, 2.75) is 19.6 Å². The van der Waals surface area contributed by atoms with Crippen LogP contribution >= 0.6 is 23.5 Å². The van der Waals surface area contributed by atoms with Crippen LogP contribution in [0.25, 0.3) is 5.76 Å². The van der Waals surface area contributed by atoms with Gasteiger partial charge in [0.15, 0.2) is 0 Å². The third kappa shape index (κ3) is 6.81. The average molecular weight is 561 g/mol. The first kappa shape index (κ1) is 27.4. The maximum absolute atomic E-state index is 11.4. The second-order valence-electron chi connectivity index (χ2n) is 8.03. The number of carbonyl (C=O) groups is 3. The van der Waals surface area contributed by atoms with Crippen molar-refractivity contribution in [2.24, 2.45) is 0 Å². The number of carboxylic acid groups (broad SMARTS) is 3. The lowest BCUT2D eigenvalue weighted by Crippen LogP contribution is -2.07. The molecule has 0 amide bonds. The largest absolute Gasteiger partial charge is 0.508 e. The Morgan fingerprint density at radius 3 is 1.26 bits per heavy atom. The van der Waals surface area contributed by atoms with E-state index in [9.17, 15) is 29.7 Å². The highest BCUT2D eigenvalue weighted by Gasteiger charge is 2.17. The van der Waals surface area contributed by atoms with Crippen LogP contribution in [-0.4, -0.2) is 38.3 Å². The third-order valence-corrected chi connectivity index (χ3v) is 7.33. The van der Waals surface area contributed by atoms with Crippen LogP contribution in [0, 0.1) is 0 Å². The van der Waals surface area contributed by atoms with Gasteiger partial charge in [0.1, 0.15) is 17.3 Å². The standard InChI is InChI=1S/C29H20O8S2/c1-16(30)25-14-21(10-12-23(25)27(31)32)38-19-6-2-17(3-7-19)37-18-4-8-20(9-5-18)39-22-11-13-24(28(33)34)26(15-22)29(35)36/h2-15,30H,1H2,(H,31,32)(H,33,34)(H,35,36). The van der Waals surface area contributed by atoms with Crippen molar-refractivity contribution < 1.29 is 39.5 Å². The molecule has 0 aliphatic heterocycles. The van der Waals surface area contributed by atoms with E-state index in [1.807, 2.05) is 24.3 Å². The van der Waals surface area contributed by atoms with Crippen molar-refractivity contribution in [3.05, 3.63) is 114 Å². The predicted octanol–water partition coefficient (Wildman–Crippen LogP) is 7.40. The first-order chi connectivity index (χ1) is 18.6. The summed E-state index contributed by atoms with van der Waals surface area (Å²) in [5.74, 6) is -2.88. The summed E-state index contributed by atoms with van der Waals surface area (Å²) in [6, 6.07) is 23.3. The van der Waals surface area contributed by atoms with Crippen molar-refractivity contribution in [2.75, 3.05) is 0 Å². The van der Waals surface area contributed by atoms with Crippen molar-refractivity contribution in [1.29, 1.82) is 0 Å². The molecule has 0 heterocycles. The molecule has 0 bridgehead atoms. The van der Waals surface area contributed by atoms with E-state index in [1.165, 1.54) is 41.7 Å². The molecule has 0 aliphatic carbocycles. The lowest BCUT2D eigenvalue weighted by Gasteiger charge is -2.10. The zero-order valence-electron chi connectivity index (χ0n) is 20.0. The van der Waals surface area contributed by atoms with E-state index in [1.54, 1.807) is 42.5 Å². The monoisotopic (exact) mass is 560 g/mol. The van der Waals surface area contributed by atoms with Gasteiger partial charge in [-0.05, 0) is 84.9 Å². The summed E-state index contributed by atoms with van der Waals surface area (Å²) >= 11 is 2.68. The third-order valence-electron chi connectivity index (χ3n) is 5.34. The number of aliphatic hydroxyl groups is 1. The second kappa shape index (κ2) is 11.8. The van der Waals surface area contributed by atoms with Gasteiger partial charge in [0.05, 0.1) is 16.7 Å². The van der Waals surface area contributed by atoms with E-state index in [0.29, 0.717) is 16.4 Å². The van der Waals surface area contributed by atoms with Gasteiger partial charge in [-0.2, -0.15) is 0 Å². The quantitative estimate of drug-likeness (QED) is 0.145. The molecule has 0 unspecified atom stereocenters. The Morgan fingerprint density at radius 1 is 0.513 bits per heavy atom. The van der Waals surface area contributed by atoms with Crippen LogP contribution < -0.4 is 4.74 Å². The molecule has 196 valence electrons. The summed E-state index contributed by atoms with van der Waals surface area (Å²) in [6.07, 6.45) is 0. The Morgan fingerprint density at radius 2 is 0.872 bits per heavy atom. The average Bonchev–Trinajstić information content (AvgIpc) is 2.90. The van der Waals surface area contributed by atoms with Gasteiger partial charge in [0, 0.05) is 25.1 Å². The molecule has 0 saturated heterocycles. The van der Waals surface area contributed by atoms with E-state index in [4.69, 9.17) is 9.84 Å². The van der Waals surface area contributed by atoms with Crippen molar-refractivity contribution in [3.63, 3.8) is 0 Å². The lowest BCUT2D eigenvalue weighted by molar-refractivity contribution is 0.0651. The molecule has 10 heteroatoms. The summed E-state index contributed by atoms with van der Waals surface area (Å²) in [5.41, 5.74) is -0.405. The number of benzene rings is 4. The zero-order chi connectivity index (χ0) is 28.1. The maximum Gasteiger partial charge on any atom is 0.336 e. The molecule has 0 aromatic heterocycles. The fourth-order valence-electron chi connectivity index (χ4n) is 3.52. The molecule has 4 aromatic rings. The van der Waals surface area contributed by atoms with Crippen LogP contribution in [0.4, 0.5) is 0 Å². The minimum Gasteiger partial charge on any atom is -0.508 e. The molecule has 0 saturated carbocycles. The first-order valence-corrected chi connectivity index (χ1v) is 12.8. The molecule has 4 N–H and O–H groups in total. The molecular formula is C29H20O8S2. The molecule has 0 aliphatic rings. The van der Waals surface area contributed by atoms with Gasteiger partial charge in [-0.25, -0.2) is 14.4 Å². The van der Waals surface area contributed by atoms with Gasteiger partial charge in [0.2, 0.25) is 0 Å². The molecular weight excluding hydrogens is 540 g/mol. The van der Waals surface area contributed by atoms with Crippen LogP contribution in [0.15, 0.2) is 111 Å². The minimum absolute atomic E-state index is 0.0267. The van der Waals surface area contributed by atoms with E-state index in [-0.39, 0.29) is 28.0 Å². The van der Waals surface area contributed by atoms with Gasteiger partial charge in [-0.1, -0.05) is 30.1 Å². The molecule has 0 atom stereocenters. The van der Waals surface area contributed by atoms with Crippen molar-refractivity contribution in [3.8, 4) is 11.5 Å². The number of aliphatic hydroxyl groups excluding tert-OH is 1. The predicted molar refractivity (Wildman–Crippen MR) is 147 cm³/mol. The topological polar surface area (TPSA) is 141 Å². The number of carboxylic acids is 3. The summed E-state index contributed by atoms with van der Waals surface area (Å²) in [7, 11) is 0. The molecule has 39 heavy (non-hydrogen) atoms. The Bertz CT molecular complexity index is 1460. The summed E-state index contributed by atoms with van der Waals surface area (Å²) in [6.45, 7) is 3.44. The lowest BCUT2D eigenvalue weighted by atomic mass is 10.1. The van der Waals surface area contributed by atoms with Gasteiger partial charge in [-0.15, -0.1) is 0 Å². The number of rotatable bonds is 10. The summed E-state index contributed by atoms with van der Waals surface area (Å²) in [4.78, 5) is 37.0. The normalized spacial score (nSPS) is 10.6. The fraction of sp³-hybridized carbons (Fsp3) is 0. The Labute approximate surface area is 231 Å². The first-order valence-electron chi connectivity index (χ1n) is 11.2. The van der Waals surface area contributed by atoms with E-state index in [2.05, 4.69) is 6.58 Å². The highest BCUT2D eigenvalue weighted by Crippen LogP contribution is 2.34. The number of ether oxygens (including phenoxy) is 1. The van der Waals surface area contributed by atoms with Gasteiger partial charge in [0.25, 0.3) is 0 Å². The number of hydrogen-bond acceptors (Lipinski definition) is 7. The number of hydrogen-bond donors (Lipinski definition) is 4. The van der Waals surface area contributed by atoms with Crippen LogP contribution in [0.1, 0.15) is 36.6 Å². The molecule has 0 radical (unpaired) electrons. The van der Waals surface area contributed by atoms with E-state index >= 15 is 0 Å².